The van der Waals surface area contributed by atoms with Gasteiger partial charge in [0, 0.05) is 38.2 Å². The molecule has 3 atom stereocenters. The molecule has 2 aromatic rings. The number of ether oxygens (including phenoxy) is 1. The highest BCUT2D eigenvalue weighted by atomic mass is 16.5. The van der Waals surface area contributed by atoms with Crippen molar-refractivity contribution in [3.05, 3.63) is 54.1 Å². The van der Waals surface area contributed by atoms with E-state index in [0.29, 0.717) is 19.1 Å². The van der Waals surface area contributed by atoms with E-state index in [2.05, 4.69) is 40.4 Å². The van der Waals surface area contributed by atoms with Crippen molar-refractivity contribution < 1.29 is 9.53 Å². The Morgan fingerprint density at radius 3 is 2.89 bits per heavy atom. The van der Waals surface area contributed by atoms with E-state index in [1.807, 2.05) is 35.6 Å². The molecule has 0 bridgehead atoms. The van der Waals surface area contributed by atoms with Crippen LogP contribution in [0.4, 0.5) is 0 Å². The number of amides is 1. The third-order valence-corrected chi connectivity index (χ3v) is 6.42. The number of hydrogen-bond acceptors (Lipinski definition) is 4. The normalized spacial score (nSPS) is 30.3. The van der Waals surface area contributed by atoms with Crippen molar-refractivity contribution in [3.63, 3.8) is 0 Å². The molecule has 1 spiro atoms. The van der Waals surface area contributed by atoms with Crippen LogP contribution in [0.1, 0.15) is 50.0 Å². The Balaban J connectivity index is 1.42. The summed E-state index contributed by atoms with van der Waals surface area (Å²) in [4.78, 5) is 21.8. The summed E-state index contributed by atoms with van der Waals surface area (Å²) in [6.45, 7) is 6.68. The van der Waals surface area contributed by atoms with Gasteiger partial charge in [0.2, 0.25) is 5.91 Å². The van der Waals surface area contributed by atoms with E-state index in [1.54, 1.807) is 0 Å². The Morgan fingerprint density at radius 1 is 1.30 bits per heavy atom. The molecule has 0 unspecified atom stereocenters. The Hall–Kier alpha value is -2.18. The Labute approximate surface area is 159 Å². The summed E-state index contributed by atoms with van der Waals surface area (Å²) in [6, 6.07) is 10.8. The Bertz CT molecular complexity index is 849. The van der Waals surface area contributed by atoms with Crippen LogP contribution in [0.3, 0.4) is 0 Å². The lowest BCUT2D eigenvalue weighted by Crippen LogP contribution is -2.48. The van der Waals surface area contributed by atoms with Crippen molar-refractivity contribution >= 4 is 5.91 Å². The van der Waals surface area contributed by atoms with Gasteiger partial charge in [-0.2, -0.15) is 0 Å². The van der Waals surface area contributed by atoms with Crippen LogP contribution in [-0.2, 0) is 16.1 Å². The fraction of sp³-hybridized carbons (Fsp3) is 0.524. The number of imidazole rings is 1. The molecule has 6 nitrogen and oxygen atoms in total. The summed E-state index contributed by atoms with van der Waals surface area (Å²) >= 11 is 0. The lowest BCUT2D eigenvalue weighted by Gasteiger charge is -2.33. The number of rotatable bonds is 4. The molecule has 5 rings (SSSR count). The lowest BCUT2D eigenvalue weighted by atomic mass is 10.0. The van der Waals surface area contributed by atoms with Gasteiger partial charge in [0.05, 0.1) is 30.7 Å². The number of benzene rings is 1. The zero-order chi connectivity index (χ0) is 18.6. The maximum absolute atomic E-state index is 13.0. The quantitative estimate of drug-likeness (QED) is 0.835. The lowest BCUT2D eigenvalue weighted by molar-refractivity contribution is -0.138. The van der Waals surface area contributed by atoms with Crippen LogP contribution in [-0.4, -0.2) is 50.2 Å². The van der Waals surface area contributed by atoms with Gasteiger partial charge in [-0.3, -0.25) is 9.69 Å². The fourth-order valence-corrected chi connectivity index (χ4v) is 5.17. The molecule has 0 saturated carbocycles. The van der Waals surface area contributed by atoms with Crippen LogP contribution in [0, 0.1) is 0 Å². The summed E-state index contributed by atoms with van der Waals surface area (Å²) in [5, 5.41) is 0. The van der Waals surface area contributed by atoms with E-state index in [-0.39, 0.29) is 18.0 Å². The predicted molar refractivity (Wildman–Crippen MR) is 101 cm³/mol. The molecule has 3 aliphatic rings. The molecule has 1 aromatic carbocycles. The van der Waals surface area contributed by atoms with Crippen LogP contribution < -0.4 is 0 Å². The number of aromatic nitrogens is 2. The number of carbonyl (C=O) groups excluding carboxylic acids is 1. The summed E-state index contributed by atoms with van der Waals surface area (Å²) in [5.74, 6) is 0.216. The molecule has 1 amide bonds. The number of carbonyl (C=O) groups is 1. The van der Waals surface area contributed by atoms with Gasteiger partial charge in [-0.05, 0) is 19.4 Å². The average Bonchev–Trinajstić information content (AvgIpc) is 3.40. The van der Waals surface area contributed by atoms with E-state index in [0.717, 1.165) is 19.5 Å². The largest absolute Gasteiger partial charge is 0.351 e. The molecule has 6 heteroatoms. The summed E-state index contributed by atoms with van der Waals surface area (Å²) in [7, 11) is 0. The minimum absolute atomic E-state index is 0.0323. The minimum Gasteiger partial charge on any atom is -0.351 e. The average molecular weight is 366 g/mol. The van der Waals surface area contributed by atoms with Crippen molar-refractivity contribution in [2.24, 2.45) is 0 Å². The maximum Gasteiger partial charge on any atom is 0.227 e. The Morgan fingerprint density at radius 2 is 2.11 bits per heavy atom. The SMILES string of the molecule is CC(C)n1cncc1CN1CC[C@@]23OC[C@@H](c4ccccc4)N2C(=O)C[C@@H]13. The summed E-state index contributed by atoms with van der Waals surface area (Å²) in [5.41, 5.74) is 1.91. The highest BCUT2D eigenvalue weighted by Gasteiger charge is 2.64. The van der Waals surface area contributed by atoms with Gasteiger partial charge in [-0.1, -0.05) is 30.3 Å². The molecular formula is C21H26N4O2. The molecule has 4 heterocycles. The summed E-state index contributed by atoms with van der Waals surface area (Å²) < 4.78 is 8.60. The van der Waals surface area contributed by atoms with Crippen LogP contribution >= 0.6 is 0 Å². The molecule has 3 aliphatic heterocycles. The third kappa shape index (κ3) is 2.47. The van der Waals surface area contributed by atoms with E-state index in [9.17, 15) is 4.79 Å². The van der Waals surface area contributed by atoms with Crippen LogP contribution in [0.15, 0.2) is 42.9 Å². The van der Waals surface area contributed by atoms with E-state index in [1.165, 1.54) is 11.3 Å². The van der Waals surface area contributed by atoms with Gasteiger partial charge in [0.1, 0.15) is 0 Å². The van der Waals surface area contributed by atoms with Gasteiger partial charge in [0.25, 0.3) is 0 Å². The number of nitrogens with zero attached hydrogens (tertiary/aromatic N) is 4. The monoisotopic (exact) mass is 366 g/mol. The second-order valence-electron chi connectivity index (χ2n) is 8.17. The van der Waals surface area contributed by atoms with Crippen molar-refractivity contribution in [1.29, 1.82) is 0 Å². The smallest absolute Gasteiger partial charge is 0.227 e. The fourth-order valence-electron chi connectivity index (χ4n) is 5.17. The zero-order valence-corrected chi connectivity index (χ0v) is 15.9. The van der Waals surface area contributed by atoms with Crippen LogP contribution in [0.25, 0.3) is 0 Å². The summed E-state index contributed by atoms with van der Waals surface area (Å²) in [6.07, 6.45) is 5.26. The van der Waals surface area contributed by atoms with Crippen molar-refractivity contribution in [2.75, 3.05) is 13.2 Å². The second kappa shape index (κ2) is 6.17. The number of hydrogen-bond donors (Lipinski definition) is 0. The molecule has 0 radical (unpaired) electrons. The van der Waals surface area contributed by atoms with E-state index >= 15 is 0 Å². The first-order valence-electron chi connectivity index (χ1n) is 9.86. The second-order valence-corrected chi connectivity index (χ2v) is 8.17. The maximum atomic E-state index is 13.0. The van der Waals surface area contributed by atoms with Gasteiger partial charge in [-0.25, -0.2) is 4.98 Å². The van der Waals surface area contributed by atoms with Gasteiger partial charge in [-0.15, -0.1) is 0 Å². The van der Waals surface area contributed by atoms with Gasteiger partial charge >= 0.3 is 0 Å². The predicted octanol–water partition coefficient (Wildman–Crippen LogP) is 2.74. The van der Waals surface area contributed by atoms with Crippen LogP contribution in [0.5, 0.6) is 0 Å². The molecule has 0 aliphatic carbocycles. The minimum atomic E-state index is -0.458. The molecule has 27 heavy (non-hydrogen) atoms. The van der Waals surface area contributed by atoms with Crippen LogP contribution in [0.2, 0.25) is 0 Å². The molecule has 3 saturated heterocycles. The van der Waals surface area contributed by atoms with E-state index < -0.39 is 5.72 Å². The Kier molecular flexibility index (Phi) is 3.88. The third-order valence-electron chi connectivity index (χ3n) is 6.42. The van der Waals surface area contributed by atoms with Gasteiger partial charge < -0.3 is 14.2 Å². The first-order valence-corrected chi connectivity index (χ1v) is 9.86. The van der Waals surface area contributed by atoms with Crippen molar-refractivity contribution in [1.82, 2.24) is 19.4 Å². The highest BCUT2D eigenvalue weighted by molar-refractivity contribution is 5.82. The molecule has 3 fully saturated rings. The van der Waals surface area contributed by atoms with Gasteiger partial charge in [0.15, 0.2) is 5.72 Å². The van der Waals surface area contributed by atoms with Crippen molar-refractivity contribution in [2.45, 2.75) is 57.1 Å². The van der Waals surface area contributed by atoms with E-state index in [4.69, 9.17) is 4.74 Å². The number of likely N-dealkylation sites (tertiary alicyclic amines) is 1. The zero-order valence-electron chi connectivity index (χ0n) is 15.9. The molecular weight excluding hydrogens is 340 g/mol. The molecule has 0 N–H and O–H groups in total. The molecule has 1 aromatic heterocycles. The topological polar surface area (TPSA) is 50.6 Å². The highest BCUT2D eigenvalue weighted by Crippen LogP contribution is 2.51. The standard InChI is InChI=1S/C21H26N4O2/c1-15(2)24-14-22-11-17(24)12-23-9-8-21-19(23)10-20(26)25(21)18(13-27-21)16-6-4-3-5-7-16/h3-7,11,14-15,18-19H,8-10,12-13H2,1-2H3/t18-,19+,21-/m0/s1. The molecule has 142 valence electrons. The first-order chi connectivity index (χ1) is 13.1. The first kappa shape index (κ1) is 17.0. The van der Waals surface area contributed by atoms with Crippen molar-refractivity contribution in [3.8, 4) is 0 Å².